The third-order valence-corrected chi connectivity index (χ3v) is 6.40. The maximum Gasteiger partial charge on any atom is 0.326 e. The van der Waals surface area contributed by atoms with Crippen LogP contribution in [0.25, 0.3) is 0 Å². The lowest BCUT2D eigenvalue weighted by atomic mass is 9.91. The van der Waals surface area contributed by atoms with Gasteiger partial charge in [0.05, 0.1) is 7.11 Å². The summed E-state index contributed by atoms with van der Waals surface area (Å²) in [5.41, 5.74) is -0.424. The number of likely N-dealkylation sites (N-methyl/N-ethyl adjacent to an activating group) is 1. The van der Waals surface area contributed by atoms with Crippen LogP contribution in [0.5, 0.6) is 0 Å². The first kappa shape index (κ1) is 15.2. The first-order valence-corrected chi connectivity index (χ1v) is 8.46. The summed E-state index contributed by atoms with van der Waals surface area (Å²) < 4.78 is 4.97. The van der Waals surface area contributed by atoms with Crippen LogP contribution < -0.4 is 5.32 Å². The predicted octanol–water partition coefficient (Wildman–Crippen LogP) is 2.98. The van der Waals surface area contributed by atoms with Crippen molar-refractivity contribution in [1.29, 1.82) is 0 Å². The van der Waals surface area contributed by atoms with Gasteiger partial charge in [-0.25, -0.2) is 0 Å². The molecule has 0 aromatic heterocycles. The summed E-state index contributed by atoms with van der Waals surface area (Å²) in [6.45, 7) is 2.37. The molecule has 2 fully saturated rings. The van der Waals surface area contributed by atoms with E-state index in [1.165, 1.54) is 32.8 Å². The van der Waals surface area contributed by atoms with Crippen LogP contribution in [0.4, 0.5) is 0 Å². The van der Waals surface area contributed by atoms with Gasteiger partial charge in [0.2, 0.25) is 0 Å². The van der Waals surface area contributed by atoms with Gasteiger partial charge in [-0.3, -0.25) is 4.79 Å². The van der Waals surface area contributed by atoms with Crippen LogP contribution in [0.1, 0.15) is 51.9 Å². The van der Waals surface area contributed by atoms with Gasteiger partial charge in [-0.15, -0.1) is 0 Å². The van der Waals surface area contributed by atoms with Gasteiger partial charge in [0.1, 0.15) is 5.54 Å². The van der Waals surface area contributed by atoms with Crippen molar-refractivity contribution in [3.05, 3.63) is 0 Å². The van der Waals surface area contributed by atoms with E-state index >= 15 is 0 Å². The van der Waals surface area contributed by atoms with Gasteiger partial charge in [0.15, 0.2) is 0 Å². The second-order valence-corrected chi connectivity index (χ2v) is 7.82. The van der Waals surface area contributed by atoms with Crippen molar-refractivity contribution in [1.82, 2.24) is 5.32 Å². The van der Waals surface area contributed by atoms with Gasteiger partial charge in [-0.2, -0.15) is 11.8 Å². The largest absolute Gasteiger partial charge is 0.468 e. The third kappa shape index (κ3) is 3.46. The lowest BCUT2D eigenvalue weighted by Crippen LogP contribution is -2.49. The van der Waals surface area contributed by atoms with E-state index in [0.29, 0.717) is 5.25 Å². The topological polar surface area (TPSA) is 38.3 Å². The molecule has 0 aromatic rings. The summed E-state index contributed by atoms with van der Waals surface area (Å²) in [5, 5.41) is 4.63. The fraction of sp³-hybridized carbons (Fsp3) is 0.933. The van der Waals surface area contributed by atoms with Crippen LogP contribution in [0.2, 0.25) is 0 Å². The summed E-state index contributed by atoms with van der Waals surface area (Å²) in [5.74, 6) is 0.789. The number of thioether (sulfide) groups is 1. The smallest absolute Gasteiger partial charge is 0.326 e. The van der Waals surface area contributed by atoms with Gasteiger partial charge in [-0.1, -0.05) is 19.8 Å². The van der Waals surface area contributed by atoms with Crippen molar-refractivity contribution in [3.8, 4) is 0 Å². The third-order valence-electron chi connectivity index (χ3n) is 4.80. The Bertz CT molecular complexity index is 323. The maximum atomic E-state index is 12.0. The highest BCUT2D eigenvalue weighted by Gasteiger charge is 2.45. The number of nitrogens with one attached hydrogen (secondary N) is 1. The number of carbonyl (C=O) groups excluding carboxylic acids is 1. The average Bonchev–Trinajstić information content (AvgIpc) is 2.82. The molecular weight excluding hydrogens is 258 g/mol. The van der Waals surface area contributed by atoms with Gasteiger partial charge in [0.25, 0.3) is 0 Å². The molecule has 2 saturated carbocycles. The SMILES string of the molecule is CNC1(C(=O)OC)CCC(SC2CCCC(C)C2)C1. The zero-order chi connectivity index (χ0) is 13.9. The van der Waals surface area contributed by atoms with Gasteiger partial charge < -0.3 is 10.1 Å². The van der Waals surface area contributed by atoms with E-state index in [2.05, 4.69) is 24.0 Å². The summed E-state index contributed by atoms with van der Waals surface area (Å²) in [6, 6.07) is 0. The van der Waals surface area contributed by atoms with Crippen molar-refractivity contribution in [2.24, 2.45) is 5.92 Å². The monoisotopic (exact) mass is 285 g/mol. The number of rotatable bonds is 4. The van der Waals surface area contributed by atoms with E-state index in [-0.39, 0.29) is 5.97 Å². The molecule has 0 amide bonds. The van der Waals surface area contributed by atoms with Crippen molar-refractivity contribution >= 4 is 17.7 Å². The molecule has 0 bridgehead atoms. The van der Waals surface area contributed by atoms with Crippen LogP contribution in [-0.2, 0) is 9.53 Å². The van der Waals surface area contributed by atoms with Crippen molar-refractivity contribution in [3.63, 3.8) is 0 Å². The van der Waals surface area contributed by atoms with Gasteiger partial charge in [-0.05, 0) is 45.1 Å². The van der Waals surface area contributed by atoms with E-state index in [4.69, 9.17) is 4.74 Å². The molecule has 110 valence electrons. The van der Waals surface area contributed by atoms with E-state index in [0.717, 1.165) is 30.4 Å². The zero-order valence-corrected chi connectivity index (χ0v) is 13.2. The fourth-order valence-electron chi connectivity index (χ4n) is 3.60. The lowest BCUT2D eigenvalue weighted by molar-refractivity contribution is -0.148. The van der Waals surface area contributed by atoms with E-state index < -0.39 is 5.54 Å². The van der Waals surface area contributed by atoms with Crippen LogP contribution >= 0.6 is 11.8 Å². The van der Waals surface area contributed by atoms with E-state index in [9.17, 15) is 4.79 Å². The molecule has 0 saturated heterocycles. The average molecular weight is 285 g/mol. The molecule has 0 spiro atoms. The molecule has 19 heavy (non-hydrogen) atoms. The molecular formula is C15H27NO2S. The summed E-state index contributed by atoms with van der Waals surface area (Å²) >= 11 is 2.13. The molecule has 1 N–H and O–H groups in total. The van der Waals surface area contributed by atoms with Crippen molar-refractivity contribution in [2.45, 2.75) is 67.9 Å². The minimum absolute atomic E-state index is 0.0879. The minimum atomic E-state index is -0.424. The van der Waals surface area contributed by atoms with Crippen LogP contribution in [0, 0.1) is 5.92 Å². The Morgan fingerprint density at radius 1 is 1.32 bits per heavy atom. The molecule has 4 heteroatoms. The highest BCUT2D eigenvalue weighted by atomic mass is 32.2. The first-order chi connectivity index (χ1) is 9.09. The summed E-state index contributed by atoms with van der Waals surface area (Å²) in [7, 11) is 3.37. The molecule has 4 unspecified atom stereocenters. The Hall–Kier alpha value is -0.220. The number of carbonyl (C=O) groups is 1. The normalized spacial score (nSPS) is 39.2. The number of hydrogen-bond donors (Lipinski definition) is 1. The van der Waals surface area contributed by atoms with Gasteiger partial charge in [0, 0.05) is 10.5 Å². The fourth-order valence-corrected chi connectivity index (χ4v) is 5.52. The highest BCUT2D eigenvalue weighted by molar-refractivity contribution is 8.00. The number of ether oxygens (including phenoxy) is 1. The number of esters is 1. The standard InChI is InChI=1S/C15H27NO2S/c1-11-5-4-6-12(9-11)19-13-7-8-15(10-13,16-2)14(17)18-3/h11-13,16H,4-10H2,1-3H3. The van der Waals surface area contributed by atoms with Crippen LogP contribution in [0.15, 0.2) is 0 Å². The Morgan fingerprint density at radius 2 is 2.11 bits per heavy atom. The minimum Gasteiger partial charge on any atom is -0.468 e. The number of hydrogen-bond acceptors (Lipinski definition) is 4. The lowest BCUT2D eigenvalue weighted by Gasteiger charge is -2.29. The molecule has 2 rings (SSSR count). The quantitative estimate of drug-likeness (QED) is 0.806. The molecule has 0 aliphatic heterocycles. The van der Waals surface area contributed by atoms with Crippen molar-refractivity contribution < 1.29 is 9.53 Å². The molecule has 3 nitrogen and oxygen atoms in total. The second kappa shape index (κ2) is 6.49. The second-order valence-electron chi connectivity index (χ2n) is 6.22. The van der Waals surface area contributed by atoms with Crippen LogP contribution in [-0.4, -0.2) is 36.2 Å². The summed E-state index contributed by atoms with van der Waals surface area (Å²) in [6.07, 6.45) is 8.44. The predicted molar refractivity (Wildman–Crippen MR) is 80.5 cm³/mol. The zero-order valence-electron chi connectivity index (χ0n) is 12.4. The maximum absolute atomic E-state index is 12.0. The molecule has 4 atom stereocenters. The van der Waals surface area contributed by atoms with E-state index in [1.807, 2.05) is 7.05 Å². The van der Waals surface area contributed by atoms with Gasteiger partial charge >= 0.3 is 5.97 Å². The Morgan fingerprint density at radius 3 is 2.74 bits per heavy atom. The molecule has 0 radical (unpaired) electrons. The Kier molecular flexibility index (Phi) is 5.18. The first-order valence-electron chi connectivity index (χ1n) is 7.52. The Balaban J connectivity index is 1.88. The van der Waals surface area contributed by atoms with Crippen molar-refractivity contribution in [2.75, 3.05) is 14.2 Å². The number of methoxy groups -OCH3 is 1. The Labute approximate surface area is 121 Å². The summed E-state index contributed by atoms with van der Waals surface area (Å²) in [4.78, 5) is 12.0. The molecule has 2 aliphatic rings. The molecule has 2 aliphatic carbocycles. The molecule has 0 heterocycles. The molecule has 0 aromatic carbocycles. The van der Waals surface area contributed by atoms with E-state index in [1.54, 1.807) is 0 Å². The highest BCUT2D eigenvalue weighted by Crippen LogP contribution is 2.43. The van der Waals surface area contributed by atoms with Crippen LogP contribution in [0.3, 0.4) is 0 Å².